The Balaban J connectivity index is 1.31. The summed E-state index contributed by atoms with van der Waals surface area (Å²) in [6.07, 6.45) is 2.39. The van der Waals surface area contributed by atoms with Crippen molar-refractivity contribution < 1.29 is 23.8 Å². The third-order valence-electron chi connectivity index (χ3n) is 5.00. The maximum Gasteiger partial charge on any atom is 0.258 e. The van der Waals surface area contributed by atoms with Crippen LogP contribution in [-0.2, 0) is 4.79 Å². The molecule has 0 saturated heterocycles. The molecular formula is C22H25Cl2FN2O4. The SMILES string of the molecule is O=C(COc1ccc(Cl)c(F)c1)NC1CCC(NC(O)COc2ccc(Cl)cc2)CC1. The summed E-state index contributed by atoms with van der Waals surface area (Å²) in [5, 5.41) is 16.9. The normalized spacial score (nSPS) is 19.5. The second kappa shape index (κ2) is 11.5. The highest BCUT2D eigenvalue weighted by atomic mass is 35.5. The van der Waals surface area contributed by atoms with Crippen LogP contribution in [0.15, 0.2) is 42.5 Å². The van der Waals surface area contributed by atoms with Gasteiger partial charge in [0.1, 0.15) is 30.2 Å². The van der Waals surface area contributed by atoms with Crippen molar-refractivity contribution in [3.05, 3.63) is 58.3 Å². The van der Waals surface area contributed by atoms with Crippen LogP contribution < -0.4 is 20.1 Å². The molecule has 9 heteroatoms. The van der Waals surface area contributed by atoms with E-state index in [9.17, 15) is 14.3 Å². The van der Waals surface area contributed by atoms with Crippen LogP contribution in [0.2, 0.25) is 10.0 Å². The van der Waals surface area contributed by atoms with Crippen molar-refractivity contribution in [2.45, 2.75) is 44.0 Å². The average Bonchev–Trinajstić information content (AvgIpc) is 2.75. The van der Waals surface area contributed by atoms with Crippen LogP contribution in [0, 0.1) is 5.82 Å². The van der Waals surface area contributed by atoms with Crippen molar-refractivity contribution in [2.75, 3.05) is 13.2 Å². The average molecular weight is 471 g/mol. The Kier molecular flexibility index (Phi) is 8.78. The van der Waals surface area contributed by atoms with Crippen LogP contribution in [0.5, 0.6) is 11.5 Å². The van der Waals surface area contributed by atoms with Gasteiger partial charge in [-0.05, 0) is 62.1 Å². The Hall–Kier alpha value is -2.06. The quantitative estimate of drug-likeness (QED) is 0.483. The summed E-state index contributed by atoms with van der Waals surface area (Å²) in [5.41, 5.74) is 0. The summed E-state index contributed by atoms with van der Waals surface area (Å²) in [5.74, 6) is 0.0364. The minimum Gasteiger partial charge on any atom is -0.489 e. The van der Waals surface area contributed by atoms with Crippen LogP contribution in [0.1, 0.15) is 25.7 Å². The molecule has 3 N–H and O–H groups in total. The van der Waals surface area contributed by atoms with Gasteiger partial charge in [-0.15, -0.1) is 0 Å². The molecule has 0 spiro atoms. The maximum atomic E-state index is 13.4. The predicted octanol–water partition coefficient (Wildman–Crippen LogP) is 3.93. The van der Waals surface area contributed by atoms with E-state index in [2.05, 4.69) is 10.6 Å². The highest BCUT2D eigenvalue weighted by Crippen LogP contribution is 2.21. The monoisotopic (exact) mass is 470 g/mol. The zero-order valence-corrected chi connectivity index (χ0v) is 18.3. The number of carbonyl (C=O) groups is 1. The molecule has 0 aromatic heterocycles. The molecule has 1 saturated carbocycles. The number of hydrogen-bond acceptors (Lipinski definition) is 5. The molecule has 2 aromatic rings. The van der Waals surface area contributed by atoms with Gasteiger partial charge in [0.25, 0.3) is 5.91 Å². The summed E-state index contributed by atoms with van der Waals surface area (Å²) in [6.45, 7) is -0.0685. The Morgan fingerprint density at radius 2 is 1.68 bits per heavy atom. The third-order valence-corrected chi connectivity index (χ3v) is 5.56. The molecule has 2 aromatic carbocycles. The number of aliphatic hydroxyl groups excluding tert-OH is 1. The highest BCUT2D eigenvalue weighted by molar-refractivity contribution is 6.30. The fourth-order valence-electron chi connectivity index (χ4n) is 3.42. The molecule has 1 amide bonds. The van der Waals surface area contributed by atoms with Crippen LogP contribution in [0.3, 0.4) is 0 Å². The minimum atomic E-state index is -0.792. The number of hydrogen-bond donors (Lipinski definition) is 3. The van der Waals surface area contributed by atoms with Crippen LogP contribution >= 0.6 is 23.2 Å². The van der Waals surface area contributed by atoms with E-state index in [-0.39, 0.29) is 42.0 Å². The maximum absolute atomic E-state index is 13.4. The van der Waals surface area contributed by atoms with Crippen molar-refractivity contribution in [1.29, 1.82) is 0 Å². The van der Waals surface area contributed by atoms with E-state index in [0.717, 1.165) is 31.7 Å². The standard InChI is InChI=1S/C22H25Cl2FN2O4/c23-14-1-7-17(8-2-14)30-12-21(28)26-15-3-5-16(6-4-15)27-22(29)13-31-18-9-10-19(24)20(25)11-18/h1-2,7-11,15-16,21,26,28H,3-6,12-13H2,(H,27,29). The van der Waals surface area contributed by atoms with E-state index < -0.39 is 12.0 Å². The van der Waals surface area contributed by atoms with E-state index in [1.807, 2.05) is 0 Å². The Bertz CT molecular complexity index is 861. The number of benzene rings is 2. The first-order valence-electron chi connectivity index (χ1n) is 10.1. The van der Waals surface area contributed by atoms with Crippen molar-refractivity contribution in [3.8, 4) is 11.5 Å². The molecule has 31 heavy (non-hydrogen) atoms. The van der Waals surface area contributed by atoms with E-state index in [1.165, 1.54) is 12.1 Å². The number of halogens is 3. The highest BCUT2D eigenvalue weighted by Gasteiger charge is 2.24. The van der Waals surface area contributed by atoms with Gasteiger partial charge in [0.15, 0.2) is 6.61 Å². The van der Waals surface area contributed by atoms with Gasteiger partial charge in [-0.1, -0.05) is 23.2 Å². The Morgan fingerprint density at radius 3 is 2.35 bits per heavy atom. The summed E-state index contributed by atoms with van der Waals surface area (Å²) in [6, 6.07) is 11.2. The van der Waals surface area contributed by atoms with Gasteiger partial charge in [-0.3, -0.25) is 10.1 Å². The lowest BCUT2D eigenvalue weighted by Gasteiger charge is -2.31. The second-order valence-corrected chi connectivity index (χ2v) is 8.27. The molecule has 1 unspecified atom stereocenters. The lowest BCUT2D eigenvalue weighted by molar-refractivity contribution is -0.124. The molecule has 1 aliphatic rings. The van der Waals surface area contributed by atoms with Crippen molar-refractivity contribution >= 4 is 29.1 Å². The van der Waals surface area contributed by atoms with Crippen molar-refractivity contribution in [3.63, 3.8) is 0 Å². The lowest BCUT2D eigenvalue weighted by atomic mass is 9.91. The summed E-state index contributed by atoms with van der Waals surface area (Å²) >= 11 is 11.5. The number of aliphatic hydroxyl groups is 1. The molecule has 0 aliphatic heterocycles. The van der Waals surface area contributed by atoms with Crippen molar-refractivity contribution in [1.82, 2.24) is 10.6 Å². The molecule has 0 radical (unpaired) electrons. The Labute approximate surface area is 190 Å². The van der Waals surface area contributed by atoms with Crippen LogP contribution in [0.4, 0.5) is 4.39 Å². The summed E-state index contributed by atoms with van der Waals surface area (Å²) in [4.78, 5) is 12.1. The second-order valence-electron chi connectivity index (χ2n) is 7.43. The molecule has 1 aliphatic carbocycles. The number of nitrogens with one attached hydrogen (secondary N) is 2. The first-order chi connectivity index (χ1) is 14.9. The van der Waals surface area contributed by atoms with Gasteiger partial charge in [0.2, 0.25) is 0 Å². The number of amides is 1. The molecule has 3 rings (SSSR count). The first-order valence-corrected chi connectivity index (χ1v) is 10.8. The summed E-state index contributed by atoms with van der Waals surface area (Å²) < 4.78 is 24.3. The molecule has 6 nitrogen and oxygen atoms in total. The third kappa shape index (κ3) is 7.85. The zero-order valence-electron chi connectivity index (χ0n) is 16.8. The molecular weight excluding hydrogens is 446 g/mol. The molecule has 0 bridgehead atoms. The van der Waals surface area contributed by atoms with E-state index in [0.29, 0.717) is 10.8 Å². The van der Waals surface area contributed by atoms with Crippen molar-refractivity contribution in [2.24, 2.45) is 0 Å². The molecule has 1 fully saturated rings. The first kappa shape index (κ1) is 23.6. The van der Waals surface area contributed by atoms with Crippen LogP contribution in [-0.4, -0.2) is 42.5 Å². The van der Waals surface area contributed by atoms with E-state index in [4.69, 9.17) is 32.7 Å². The van der Waals surface area contributed by atoms with Gasteiger partial charge < -0.3 is 19.9 Å². The molecule has 168 valence electrons. The predicted molar refractivity (Wildman–Crippen MR) is 117 cm³/mol. The van der Waals surface area contributed by atoms with Crippen LogP contribution in [0.25, 0.3) is 0 Å². The fraction of sp³-hybridized carbons (Fsp3) is 0.409. The van der Waals surface area contributed by atoms with Gasteiger partial charge in [-0.25, -0.2) is 4.39 Å². The largest absolute Gasteiger partial charge is 0.489 e. The van der Waals surface area contributed by atoms with Gasteiger partial charge in [-0.2, -0.15) is 0 Å². The van der Waals surface area contributed by atoms with Gasteiger partial charge in [0.05, 0.1) is 5.02 Å². The lowest BCUT2D eigenvalue weighted by Crippen LogP contribution is -2.47. The fourth-order valence-corrected chi connectivity index (χ4v) is 3.66. The van der Waals surface area contributed by atoms with E-state index >= 15 is 0 Å². The minimum absolute atomic E-state index is 0.00355. The number of rotatable bonds is 9. The number of ether oxygens (including phenoxy) is 2. The van der Waals surface area contributed by atoms with E-state index in [1.54, 1.807) is 24.3 Å². The van der Waals surface area contributed by atoms with Gasteiger partial charge in [0, 0.05) is 23.2 Å². The smallest absolute Gasteiger partial charge is 0.258 e. The van der Waals surface area contributed by atoms with Gasteiger partial charge >= 0.3 is 0 Å². The zero-order chi connectivity index (χ0) is 22.2. The Morgan fingerprint density at radius 1 is 1.03 bits per heavy atom. The topological polar surface area (TPSA) is 79.8 Å². The summed E-state index contributed by atoms with van der Waals surface area (Å²) in [7, 11) is 0. The number of carbonyl (C=O) groups excluding carboxylic acids is 1. The molecule has 0 heterocycles. The molecule has 1 atom stereocenters.